The van der Waals surface area contributed by atoms with Crippen molar-refractivity contribution >= 4 is 17.2 Å². The highest BCUT2D eigenvalue weighted by molar-refractivity contribution is 7.10. The van der Waals surface area contributed by atoms with E-state index in [2.05, 4.69) is 9.97 Å². The lowest BCUT2D eigenvalue weighted by Gasteiger charge is -2.24. The predicted molar refractivity (Wildman–Crippen MR) is 76.3 cm³/mol. The molecule has 0 bridgehead atoms. The van der Waals surface area contributed by atoms with Crippen LogP contribution in [-0.4, -0.2) is 27.8 Å². The van der Waals surface area contributed by atoms with Crippen molar-refractivity contribution in [2.45, 2.75) is 26.8 Å². The molecule has 5 heteroatoms. The third-order valence-corrected chi connectivity index (χ3v) is 4.23. The summed E-state index contributed by atoms with van der Waals surface area (Å²) < 4.78 is 0. The largest absolute Gasteiger partial charge is 0.334 e. The fourth-order valence-electron chi connectivity index (χ4n) is 1.88. The average molecular weight is 275 g/mol. The van der Waals surface area contributed by atoms with Crippen molar-refractivity contribution in [3.63, 3.8) is 0 Å². The summed E-state index contributed by atoms with van der Waals surface area (Å²) in [5.74, 6) is 0.640. The summed E-state index contributed by atoms with van der Waals surface area (Å²) in [7, 11) is 1.81. The summed E-state index contributed by atoms with van der Waals surface area (Å²) in [6.07, 6.45) is 1.61. The topological polar surface area (TPSA) is 46.1 Å². The van der Waals surface area contributed by atoms with Gasteiger partial charge in [0.15, 0.2) is 0 Å². The van der Waals surface area contributed by atoms with E-state index in [-0.39, 0.29) is 11.9 Å². The van der Waals surface area contributed by atoms with Crippen molar-refractivity contribution in [1.82, 2.24) is 14.9 Å². The van der Waals surface area contributed by atoms with E-state index in [0.717, 1.165) is 5.69 Å². The van der Waals surface area contributed by atoms with E-state index in [1.54, 1.807) is 22.4 Å². The second-order valence-electron chi connectivity index (χ2n) is 4.52. The second kappa shape index (κ2) is 5.48. The van der Waals surface area contributed by atoms with Crippen molar-refractivity contribution in [3.05, 3.63) is 45.7 Å². The zero-order valence-corrected chi connectivity index (χ0v) is 12.4. The molecule has 4 nitrogen and oxygen atoms in total. The Morgan fingerprint density at radius 3 is 2.74 bits per heavy atom. The Morgan fingerprint density at radius 1 is 1.42 bits per heavy atom. The van der Waals surface area contributed by atoms with Crippen LogP contribution in [0.15, 0.2) is 23.7 Å². The smallest absolute Gasteiger partial charge is 0.257 e. The van der Waals surface area contributed by atoms with Crippen LogP contribution < -0.4 is 0 Å². The lowest BCUT2D eigenvalue weighted by molar-refractivity contribution is 0.0743. The zero-order valence-electron chi connectivity index (χ0n) is 11.5. The van der Waals surface area contributed by atoms with Crippen LogP contribution in [0.3, 0.4) is 0 Å². The molecule has 2 heterocycles. The molecule has 0 spiro atoms. The molecule has 0 aliphatic carbocycles. The van der Waals surface area contributed by atoms with Crippen LogP contribution in [0.1, 0.15) is 39.7 Å². The summed E-state index contributed by atoms with van der Waals surface area (Å²) in [5, 5.41) is 2.02. The summed E-state index contributed by atoms with van der Waals surface area (Å²) >= 11 is 1.65. The van der Waals surface area contributed by atoms with Gasteiger partial charge >= 0.3 is 0 Å². The highest BCUT2D eigenvalue weighted by Crippen LogP contribution is 2.24. The normalized spacial score (nSPS) is 12.2. The maximum Gasteiger partial charge on any atom is 0.257 e. The molecule has 19 heavy (non-hydrogen) atoms. The molecule has 0 saturated carbocycles. The van der Waals surface area contributed by atoms with E-state index in [9.17, 15) is 4.79 Å². The van der Waals surface area contributed by atoms with Gasteiger partial charge in [-0.25, -0.2) is 9.97 Å². The summed E-state index contributed by atoms with van der Waals surface area (Å²) in [6.45, 7) is 5.68. The van der Waals surface area contributed by atoms with Gasteiger partial charge in [-0.15, -0.1) is 11.3 Å². The first-order chi connectivity index (χ1) is 9.00. The third-order valence-electron chi connectivity index (χ3n) is 3.19. The molecule has 0 aliphatic heterocycles. The highest BCUT2D eigenvalue weighted by Gasteiger charge is 2.21. The predicted octanol–water partition coefficient (Wildman–Crippen LogP) is 2.99. The van der Waals surface area contributed by atoms with Crippen molar-refractivity contribution in [2.24, 2.45) is 0 Å². The van der Waals surface area contributed by atoms with Crippen LogP contribution in [0.2, 0.25) is 0 Å². The molecule has 1 unspecified atom stereocenters. The molecule has 1 amide bonds. The number of hydrogen-bond donors (Lipinski definition) is 0. The Kier molecular flexibility index (Phi) is 3.95. The number of carbonyl (C=O) groups excluding carboxylic acids is 1. The fourth-order valence-corrected chi connectivity index (χ4v) is 2.71. The van der Waals surface area contributed by atoms with Gasteiger partial charge in [-0.2, -0.15) is 0 Å². The van der Waals surface area contributed by atoms with Gasteiger partial charge in [0.2, 0.25) is 0 Å². The Balaban J connectivity index is 2.24. The van der Waals surface area contributed by atoms with Gasteiger partial charge in [0.05, 0.1) is 17.3 Å². The van der Waals surface area contributed by atoms with Gasteiger partial charge in [-0.3, -0.25) is 4.79 Å². The van der Waals surface area contributed by atoms with Crippen molar-refractivity contribution < 1.29 is 4.79 Å². The molecule has 0 radical (unpaired) electrons. The monoisotopic (exact) mass is 275 g/mol. The van der Waals surface area contributed by atoms with Gasteiger partial charge in [-0.05, 0) is 32.2 Å². The van der Waals surface area contributed by atoms with Crippen LogP contribution in [0.4, 0.5) is 0 Å². The number of hydrogen-bond acceptors (Lipinski definition) is 4. The Morgan fingerprint density at radius 2 is 2.16 bits per heavy atom. The summed E-state index contributed by atoms with van der Waals surface area (Å²) in [4.78, 5) is 23.7. The van der Waals surface area contributed by atoms with Crippen molar-refractivity contribution in [1.29, 1.82) is 0 Å². The van der Waals surface area contributed by atoms with Gasteiger partial charge < -0.3 is 4.90 Å². The van der Waals surface area contributed by atoms with Crippen LogP contribution in [-0.2, 0) is 0 Å². The molecule has 1 atom stereocenters. The van der Waals surface area contributed by atoms with E-state index in [1.807, 2.05) is 45.3 Å². The van der Waals surface area contributed by atoms with Crippen LogP contribution in [0.5, 0.6) is 0 Å². The summed E-state index contributed by atoms with van der Waals surface area (Å²) in [5.41, 5.74) is 1.29. The van der Waals surface area contributed by atoms with E-state index in [4.69, 9.17) is 0 Å². The first kappa shape index (κ1) is 13.7. The van der Waals surface area contributed by atoms with E-state index in [0.29, 0.717) is 11.4 Å². The molecular weight excluding hydrogens is 258 g/mol. The molecule has 0 N–H and O–H groups in total. The maximum atomic E-state index is 12.5. The van der Waals surface area contributed by atoms with Gasteiger partial charge in [0, 0.05) is 18.1 Å². The van der Waals surface area contributed by atoms with Gasteiger partial charge in [0.25, 0.3) is 5.91 Å². The van der Waals surface area contributed by atoms with Crippen LogP contribution in [0, 0.1) is 13.8 Å². The van der Waals surface area contributed by atoms with Gasteiger partial charge in [-0.1, -0.05) is 6.07 Å². The number of aryl methyl sites for hydroxylation is 2. The molecule has 2 aromatic rings. The molecule has 0 aliphatic rings. The molecule has 0 saturated heterocycles. The lowest BCUT2D eigenvalue weighted by atomic mass is 10.1. The van der Waals surface area contributed by atoms with E-state index in [1.165, 1.54) is 4.88 Å². The molecule has 100 valence electrons. The van der Waals surface area contributed by atoms with E-state index < -0.39 is 0 Å². The Bertz CT molecular complexity index is 580. The number of thiophene rings is 1. The third kappa shape index (κ3) is 2.81. The number of nitrogens with zero attached hydrogens (tertiary/aromatic N) is 3. The standard InChI is InChI=1S/C14H17N3OS/c1-9-12(8-15-11(3)16-9)14(18)17(4)10(2)13-6-5-7-19-13/h5-8,10H,1-4H3. The highest BCUT2D eigenvalue weighted by atomic mass is 32.1. The lowest BCUT2D eigenvalue weighted by Crippen LogP contribution is -2.30. The molecule has 0 fully saturated rings. The fraction of sp³-hybridized carbons (Fsp3) is 0.357. The first-order valence-electron chi connectivity index (χ1n) is 6.11. The van der Waals surface area contributed by atoms with Crippen LogP contribution >= 0.6 is 11.3 Å². The number of amides is 1. The average Bonchev–Trinajstić information content (AvgIpc) is 2.90. The Hall–Kier alpha value is -1.75. The van der Waals surface area contributed by atoms with E-state index >= 15 is 0 Å². The maximum absolute atomic E-state index is 12.5. The SMILES string of the molecule is Cc1ncc(C(=O)N(C)C(C)c2cccs2)c(C)n1. The van der Waals surface area contributed by atoms with Crippen molar-refractivity contribution in [2.75, 3.05) is 7.05 Å². The van der Waals surface area contributed by atoms with Crippen LogP contribution in [0.25, 0.3) is 0 Å². The Labute approximate surface area is 117 Å². The molecule has 2 aromatic heterocycles. The molecule has 0 aromatic carbocycles. The molecular formula is C14H17N3OS. The zero-order chi connectivity index (χ0) is 14.0. The first-order valence-corrected chi connectivity index (χ1v) is 6.99. The minimum atomic E-state index is -0.0431. The minimum Gasteiger partial charge on any atom is -0.334 e. The minimum absolute atomic E-state index is 0.0431. The summed E-state index contributed by atoms with van der Waals surface area (Å²) in [6, 6.07) is 4.08. The number of rotatable bonds is 3. The van der Waals surface area contributed by atoms with Crippen molar-refractivity contribution in [3.8, 4) is 0 Å². The number of aromatic nitrogens is 2. The van der Waals surface area contributed by atoms with Gasteiger partial charge in [0.1, 0.15) is 5.82 Å². The number of carbonyl (C=O) groups is 1. The quantitative estimate of drug-likeness (QED) is 0.865. The molecule has 2 rings (SSSR count). The second-order valence-corrected chi connectivity index (χ2v) is 5.50.